The zero-order chi connectivity index (χ0) is 14.9. The van der Waals surface area contributed by atoms with Gasteiger partial charge in [-0.25, -0.2) is 14.8 Å². The summed E-state index contributed by atoms with van der Waals surface area (Å²) in [6.07, 6.45) is 2.63. The first-order chi connectivity index (χ1) is 9.38. The van der Waals surface area contributed by atoms with E-state index in [1.54, 1.807) is 0 Å². The monoisotopic (exact) mass is 279 g/mol. The smallest absolute Gasteiger partial charge is 0.356 e. The highest BCUT2D eigenvalue weighted by Crippen LogP contribution is 2.38. The Kier molecular flexibility index (Phi) is 3.61. The molecule has 1 aromatic heterocycles. The van der Waals surface area contributed by atoms with E-state index in [0.717, 1.165) is 0 Å². The first-order valence-electron chi connectivity index (χ1n) is 6.27. The summed E-state index contributed by atoms with van der Waals surface area (Å²) in [5.41, 5.74) is -0.696. The molecule has 0 unspecified atom stereocenters. The summed E-state index contributed by atoms with van der Waals surface area (Å²) < 4.78 is 4.86. The molecule has 0 saturated carbocycles. The Hall–Kier alpha value is -2.18. The van der Waals surface area contributed by atoms with Crippen LogP contribution in [0.25, 0.3) is 0 Å². The van der Waals surface area contributed by atoms with Crippen molar-refractivity contribution >= 4 is 17.8 Å². The molecule has 0 aliphatic carbocycles. The van der Waals surface area contributed by atoms with Crippen LogP contribution in [0.15, 0.2) is 12.4 Å². The summed E-state index contributed by atoms with van der Waals surface area (Å²) in [4.78, 5) is 32.5. The second kappa shape index (κ2) is 5.07. The maximum Gasteiger partial charge on any atom is 0.356 e. The van der Waals surface area contributed by atoms with Gasteiger partial charge in [0.15, 0.2) is 5.69 Å². The van der Waals surface area contributed by atoms with Gasteiger partial charge in [-0.05, 0) is 12.8 Å². The first kappa shape index (κ1) is 14.2. The number of carbonyl (C=O) groups excluding carboxylic acids is 1. The third-order valence-electron chi connectivity index (χ3n) is 3.93. The minimum absolute atomic E-state index is 0.100. The van der Waals surface area contributed by atoms with Crippen LogP contribution >= 0.6 is 0 Å². The van der Waals surface area contributed by atoms with Crippen molar-refractivity contribution in [3.63, 3.8) is 0 Å². The topological polar surface area (TPSA) is 92.6 Å². The summed E-state index contributed by atoms with van der Waals surface area (Å²) in [7, 11) is 1.38. The zero-order valence-electron chi connectivity index (χ0n) is 11.7. The minimum atomic E-state index is -1.11. The van der Waals surface area contributed by atoms with Crippen molar-refractivity contribution in [2.75, 3.05) is 25.1 Å². The average molecular weight is 279 g/mol. The number of esters is 1. The highest BCUT2D eigenvalue weighted by molar-refractivity contribution is 5.85. The van der Waals surface area contributed by atoms with E-state index < -0.39 is 11.4 Å². The molecule has 2 atom stereocenters. The molecule has 7 heteroatoms. The Morgan fingerprint density at radius 3 is 2.65 bits per heavy atom. The van der Waals surface area contributed by atoms with Gasteiger partial charge >= 0.3 is 11.9 Å². The summed E-state index contributed by atoms with van der Waals surface area (Å²) in [5.74, 6) is -0.689. The fraction of sp³-hybridized carbons (Fsp3) is 0.538. The van der Waals surface area contributed by atoms with Gasteiger partial charge in [0, 0.05) is 13.1 Å². The lowest BCUT2D eigenvalue weighted by Gasteiger charge is -2.24. The Morgan fingerprint density at radius 1 is 1.45 bits per heavy atom. The van der Waals surface area contributed by atoms with Gasteiger partial charge in [-0.2, -0.15) is 0 Å². The molecule has 0 spiro atoms. The Morgan fingerprint density at radius 2 is 2.15 bits per heavy atom. The lowest BCUT2D eigenvalue weighted by molar-refractivity contribution is -0.152. The third kappa shape index (κ3) is 2.31. The summed E-state index contributed by atoms with van der Waals surface area (Å²) in [5, 5.41) is 8.79. The number of nitrogens with zero attached hydrogens (tertiary/aromatic N) is 3. The van der Waals surface area contributed by atoms with Gasteiger partial charge in [0.2, 0.25) is 0 Å². The molecule has 1 aliphatic rings. The van der Waals surface area contributed by atoms with Crippen LogP contribution in [0.5, 0.6) is 0 Å². The molecule has 20 heavy (non-hydrogen) atoms. The van der Waals surface area contributed by atoms with Crippen molar-refractivity contribution in [1.82, 2.24) is 9.97 Å². The molecule has 1 N–H and O–H groups in total. The molecule has 1 aliphatic heterocycles. The van der Waals surface area contributed by atoms with Crippen LogP contribution in [0.1, 0.15) is 24.3 Å². The van der Waals surface area contributed by atoms with Gasteiger partial charge in [-0.15, -0.1) is 0 Å². The van der Waals surface area contributed by atoms with E-state index in [4.69, 9.17) is 9.84 Å². The highest BCUT2D eigenvalue weighted by Gasteiger charge is 2.47. The molecule has 0 aromatic carbocycles. The highest BCUT2D eigenvalue weighted by atomic mass is 16.5. The van der Waals surface area contributed by atoms with Gasteiger partial charge in [0.25, 0.3) is 0 Å². The molecule has 108 valence electrons. The fourth-order valence-electron chi connectivity index (χ4n) is 2.42. The van der Waals surface area contributed by atoms with E-state index in [1.165, 1.54) is 19.5 Å². The van der Waals surface area contributed by atoms with Crippen LogP contribution in [0.4, 0.5) is 5.82 Å². The van der Waals surface area contributed by atoms with E-state index in [1.807, 2.05) is 18.7 Å². The number of anilines is 1. The van der Waals surface area contributed by atoms with E-state index in [-0.39, 0.29) is 17.6 Å². The fourth-order valence-corrected chi connectivity index (χ4v) is 2.42. The number of carbonyl (C=O) groups is 2. The van der Waals surface area contributed by atoms with E-state index in [9.17, 15) is 9.59 Å². The molecule has 1 fully saturated rings. The van der Waals surface area contributed by atoms with Crippen LogP contribution in [0.3, 0.4) is 0 Å². The number of carboxylic acid groups (broad SMARTS) is 1. The predicted octanol–water partition coefficient (Wildman–Crippen LogP) is 0.810. The maximum atomic E-state index is 11.9. The summed E-state index contributed by atoms with van der Waals surface area (Å²) >= 11 is 0. The minimum Gasteiger partial charge on any atom is -0.476 e. The second-order valence-electron chi connectivity index (χ2n) is 5.26. The number of ether oxygens (including phenoxy) is 1. The van der Waals surface area contributed by atoms with Crippen molar-refractivity contribution in [1.29, 1.82) is 0 Å². The number of methoxy groups -OCH3 is 1. The Labute approximate surface area is 116 Å². The molecular weight excluding hydrogens is 262 g/mol. The molecule has 0 amide bonds. The maximum absolute atomic E-state index is 11.9. The number of aromatic nitrogens is 2. The molecule has 7 nitrogen and oxygen atoms in total. The number of aromatic carboxylic acids is 1. The Balaban J connectivity index is 2.20. The van der Waals surface area contributed by atoms with Gasteiger partial charge < -0.3 is 14.7 Å². The molecule has 2 heterocycles. The van der Waals surface area contributed by atoms with Crippen molar-refractivity contribution < 1.29 is 19.4 Å². The second-order valence-corrected chi connectivity index (χ2v) is 5.26. The van der Waals surface area contributed by atoms with Crippen molar-refractivity contribution in [3.8, 4) is 0 Å². The van der Waals surface area contributed by atoms with Crippen molar-refractivity contribution in [2.24, 2.45) is 11.3 Å². The Bertz CT molecular complexity index is 531. The van der Waals surface area contributed by atoms with Crippen LogP contribution in [-0.4, -0.2) is 47.2 Å². The van der Waals surface area contributed by atoms with Crippen LogP contribution in [0, 0.1) is 11.3 Å². The number of rotatable bonds is 3. The normalized spacial score (nSPS) is 25.6. The molecule has 0 bridgehead atoms. The quantitative estimate of drug-likeness (QED) is 0.818. The molecular formula is C13H17N3O4. The number of hydrogen-bond donors (Lipinski definition) is 1. The van der Waals surface area contributed by atoms with Gasteiger partial charge in [0.1, 0.15) is 5.82 Å². The third-order valence-corrected chi connectivity index (χ3v) is 3.93. The van der Waals surface area contributed by atoms with E-state index >= 15 is 0 Å². The lowest BCUT2D eigenvalue weighted by atomic mass is 9.81. The molecule has 1 aromatic rings. The van der Waals surface area contributed by atoms with Crippen molar-refractivity contribution in [3.05, 3.63) is 18.1 Å². The van der Waals surface area contributed by atoms with Crippen LogP contribution in [-0.2, 0) is 9.53 Å². The summed E-state index contributed by atoms with van der Waals surface area (Å²) in [6.45, 7) is 4.97. The van der Waals surface area contributed by atoms with Crippen molar-refractivity contribution in [2.45, 2.75) is 13.8 Å². The zero-order valence-corrected chi connectivity index (χ0v) is 11.7. The standard InChI is InChI=1S/C13H17N3O4/c1-8-6-16(7-13(8,2)12(19)20-3)10-5-14-9(4-15-10)11(17)18/h4-5,8H,6-7H2,1-3H3,(H,17,18)/t8-,13-/m1/s1. The van der Waals surface area contributed by atoms with Crippen LogP contribution < -0.4 is 4.90 Å². The van der Waals surface area contributed by atoms with Gasteiger partial charge in [0.05, 0.1) is 24.9 Å². The van der Waals surface area contributed by atoms with Gasteiger partial charge in [-0.3, -0.25) is 4.79 Å². The lowest BCUT2D eigenvalue weighted by Crippen LogP contribution is -2.36. The van der Waals surface area contributed by atoms with E-state index in [2.05, 4.69) is 9.97 Å². The van der Waals surface area contributed by atoms with Crippen LogP contribution in [0.2, 0.25) is 0 Å². The molecule has 2 rings (SSSR count). The largest absolute Gasteiger partial charge is 0.476 e. The summed E-state index contributed by atoms with van der Waals surface area (Å²) in [6, 6.07) is 0. The first-order valence-corrected chi connectivity index (χ1v) is 6.27. The van der Waals surface area contributed by atoms with Gasteiger partial charge in [-0.1, -0.05) is 6.92 Å². The molecule has 0 radical (unpaired) electrons. The molecule has 1 saturated heterocycles. The SMILES string of the molecule is COC(=O)[C@]1(C)CN(c2cnc(C(=O)O)cn2)C[C@H]1C. The average Bonchev–Trinajstić information content (AvgIpc) is 2.75. The number of carboxylic acids is 1. The van der Waals surface area contributed by atoms with E-state index in [0.29, 0.717) is 18.9 Å². The predicted molar refractivity (Wildman–Crippen MR) is 70.5 cm³/mol. The number of hydrogen-bond acceptors (Lipinski definition) is 6.